The van der Waals surface area contributed by atoms with Gasteiger partial charge in [0.2, 0.25) is 12.5 Å². The van der Waals surface area contributed by atoms with Crippen LogP contribution in [0.3, 0.4) is 0 Å². The summed E-state index contributed by atoms with van der Waals surface area (Å²) in [5.41, 5.74) is 4.96. The zero-order valence-corrected chi connectivity index (χ0v) is 21.3. The molecule has 4 aromatic rings. The molecule has 3 heterocycles. The van der Waals surface area contributed by atoms with Crippen LogP contribution in [0.1, 0.15) is 16.7 Å². The Morgan fingerprint density at radius 1 is 1.03 bits per heavy atom. The number of pyridine rings is 1. The first-order valence-corrected chi connectivity index (χ1v) is 11.3. The minimum Gasteiger partial charge on any atom is -1.00 e. The Morgan fingerprint density at radius 2 is 1.81 bits per heavy atom. The Kier molecular flexibility index (Phi) is 6.17. The molecule has 0 saturated heterocycles. The van der Waals surface area contributed by atoms with Crippen molar-refractivity contribution in [2.45, 2.75) is 19.4 Å². The number of aromatic nitrogens is 1. The molecular formula is C27H23BrN2O6. The van der Waals surface area contributed by atoms with Gasteiger partial charge in [-0.05, 0) is 29.8 Å². The molecule has 0 bridgehead atoms. The Labute approximate surface area is 217 Å². The fraction of sp³-hybridized carbons (Fsp3) is 0.222. The normalized spacial score (nSPS) is 12.9. The van der Waals surface area contributed by atoms with Crippen LogP contribution >= 0.6 is 0 Å². The monoisotopic (exact) mass is 550 g/mol. The molecule has 6 rings (SSSR count). The van der Waals surface area contributed by atoms with Crippen LogP contribution in [0, 0.1) is 10.1 Å². The van der Waals surface area contributed by atoms with Crippen molar-refractivity contribution in [2.24, 2.45) is 0 Å². The molecule has 8 nitrogen and oxygen atoms in total. The minimum atomic E-state index is -0.324. The average Bonchev–Trinajstić information content (AvgIpc) is 3.33. The number of nitro benzene ring substituents is 1. The summed E-state index contributed by atoms with van der Waals surface area (Å²) in [7, 11) is 3.24. The molecule has 9 heteroatoms. The molecule has 0 saturated carbocycles. The third kappa shape index (κ3) is 3.71. The smallest absolute Gasteiger partial charge is 0.272 e. The van der Waals surface area contributed by atoms with E-state index >= 15 is 0 Å². The first-order chi connectivity index (χ1) is 17.1. The standard InChI is InChI=1S/C27H23N2O6.BrH/c1-32-23-8-7-18-20(11-17-5-3-4-6-22(17)29(30)31)26-19-13-25-24(34-15-35-25)12-16(19)9-10-28(26)14-21(18)27(23)33-2;/h3-8,12-14H,9-11,15H2,1-2H3;1H/q+1;/p-1. The van der Waals surface area contributed by atoms with E-state index in [-0.39, 0.29) is 34.4 Å². The van der Waals surface area contributed by atoms with Crippen molar-refractivity contribution in [3.63, 3.8) is 0 Å². The molecular weight excluding hydrogens is 528 g/mol. The first kappa shape index (κ1) is 23.9. The number of aryl methyl sites for hydroxylation is 2. The summed E-state index contributed by atoms with van der Waals surface area (Å²) < 4.78 is 24.8. The Morgan fingerprint density at radius 3 is 2.56 bits per heavy atom. The van der Waals surface area contributed by atoms with Gasteiger partial charge in [0.15, 0.2) is 35.7 Å². The number of benzene rings is 3. The van der Waals surface area contributed by atoms with E-state index in [0.717, 1.165) is 51.9 Å². The molecule has 0 unspecified atom stereocenters. The van der Waals surface area contributed by atoms with Gasteiger partial charge in [0.1, 0.15) is 0 Å². The van der Waals surface area contributed by atoms with Crippen molar-refractivity contribution in [2.75, 3.05) is 21.0 Å². The number of nitro groups is 1. The molecule has 0 amide bonds. The van der Waals surface area contributed by atoms with Gasteiger partial charge in [-0.15, -0.1) is 0 Å². The molecule has 184 valence electrons. The molecule has 0 radical (unpaired) electrons. The molecule has 0 fully saturated rings. The first-order valence-electron chi connectivity index (χ1n) is 11.3. The lowest BCUT2D eigenvalue weighted by Gasteiger charge is -2.21. The number of fused-ring (bicyclic) bond motifs is 5. The number of ether oxygens (including phenoxy) is 4. The van der Waals surface area contributed by atoms with Gasteiger partial charge < -0.3 is 35.9 Å². The maximum atomic E-state index is 11.8. The molecule has 0 atom stereocenters. The minimum absolute atomic E-state index is 0. The van der Waals surface area contributed by atoms with Crippen LogP contribution < -0.4 is 40.5 Å². The zero-order chi connectivity index (χ0) is 24.1. The van der Waals surface area contributed by atoms with E-state index in [1.165, 1.54) is 0 Å². The van der Waals surface area contributed by atoms with Gasteiger partial charge in [-0.2, -0.15) is 4.57 Å². The van der Waals surface area contributed by atoms with Crippen LogP contribution in [0.4, 0.5) is 5.69 Å². The summed E-state index contributed by atoms with van der Waals surface area (Å²) in [6.07, 6.45) is 3.29. The summed E-state index contributed by atoms with van der Waals surface area (Å²) in [6.45, 7) is 0.957. The molecule has 0 N–H and O–H groups in total. The number of para-hydroxylation sites is 1. The number of methoxy groups -OCH3 is 2. The van der Waals surface area contributed by atoms with E-state index in [1.54, 1.807) is 26.4 Å². The predicted molar refractivity (Wildman–Crippen MR) is 128 cm³/mol. The van der Waals surface area contributed by atoms with E-state index in [9.17, 15) is 10.1 Å². The maximum Gasteiger partial charge on any atom is 0.272 e. The highest BCUT2D eigenvalue weighted by atomic mass is 79.9. The highest BCUT2D eigenvalue weighted by Gasteiger charge is 2.33. The largest absolute Gasteiger partial charge is 1.00 e. The fourth-order valence-corrected chi connectivity index (χ4v) is 5.22. The molecule has 1 aromatic heterocycles. The quantitative estimate of drug-likeness (QED) is 0.213. The molecule has 0 aliphatic carbocycles. The Balaban J connectivity index is 0.00000267. The Bertz CT molecular complexity index is 1520. The number of hydrogen-bond donors (Lipinski definition) is 0. The third-order valence-electron chi connectivity index (χ3n) is 6.80. The molecule has 0 spiro atoms. The maximum absolute atomic E-state index is 11.8. The van der Waals surface area contributed by atoms with Crippen LogP contribution in [0.2, 0.25) is 0 Å². The zero-order valence-electron chi connectivity index (χ0n) is 19.7. The summed E-state index contributed by atoms with van der Waals surface area (Å²) >= 11 is 0. The van der Waals surface area contributed by atoms with Crippen LogP contribution in [0.25, 0.3) is 22.0 Å². The number of hydrogen-bond acceptors (Lipinski definition) is 6. The van der Waals surface area contributed by atoms with Crippen molar-refractivity contribution >= 4 is 16.5 Å². The Hall–Kier alpha value is -3.85. The second kappa shape index (κ2) is 9.31. The summed E-state index contributed by atoms with van der Waals surface area (Å²) in [5, 5.41) is 13.7. The van der Waals surface area contributed by atoms with Crippen LogP contribution in [-0.4, -0.2) is 25.9 Å². The lowest BCUT2D eigenvalue weighted by Crippen LogP contribution is -3.00. The van der Waals surface area contributed by atoms with E-state index < -0.39 is 0 Å². The van der Waals surface area contributed by atoms with E-state index in [1.807, 2.05) is 30.3 Å². The lowest BCUT2D eigenvalue weighted by atomic mass is 9.88. The molecule has 2 aliphatic heterocycles. The van der Waals surface area contributed by atoms with E-state index in [2.05, 4.69) is 16.8 Å². The number of nitrogens with zero attached hydrogens (tertiary/aromatic N) is 2. The molecule has 3 aromatic carbocycles. The van der Waals surface area contributed by atoms with Gasteiger partial charge in [0.25, 0.3) is 5.69 Å². The SMILES string of the molecule is COc1ccc2c(Cc3ccccc3[N+](=O)[O-])c3[n+](cc2c1OC)CCc1cc2c(cc1-3)OCO2.[Br-]. The van der Waals surface area contributed by atoms with Crippen molar-refractivity contribution in [3.8, 4) is 34.3 Å². The van der Waals surface area contributed by atoms with Crippen LogP contribution in [0.15, 0.2) is 54.7 Å². The van der Waals surface area contributed by atoms with Gasteiger partial charge >= 0.3 is 0 Å². The highest BCUT2D eigenvalue weighted by Crippen LogP contribution is 2.44. The van der Waals surface area contributed by atoms with Crippen molar-refractivity contribution in [1.29, 1.82) is 0 Å². The van der Waals surface area contributed by atoms with Gasteiger partial charge in [-0.1, -0.05) is 18.2 Å². The van der Waals surface area contributed by atoms with Gasteiger partial charge in [0.05, 0.1) is 30.1 Å². The lowest BCUT2D eigenvalue weighted by molar-refractivity contribution is -0.686. The average molecular weight is 551 g/mol. The number of halogens is 1. The van der Waals surface area contributed by atoms with Crippen LogP contribution in [-0.2, 0) is 19.4 Å². The topological polar surface area (TPSA) is 83.9 Å². The second-order valence-corrected chi connectivity index (χ2v) is 8.59. The third-order valence-corrected chi connectivity index (χ3v) is 6.80. The summed E-state index contributed by atoms with van der Waals surface area (Å²) in [4.78, 5) is 11.5. The van der Waals surface area contributed by atoms with Crippen molar-refractivity contribution < 1.29 is 45.4 Å². The van der Waals surface area contributed by atoms with Crippen molar-refractivity contribution in [1.82, 2.24) is 0 Å². The van der Waals surface area contributed by atoms with Gasteiger partial charge in [-0.3, -0.25) is 10.1 Å². The highest BCUT2D eigenvalue weighted by molar-refractivity contribution is 5.95. The summed E-state index contributed by atoms with van der Waals surface area (Å²) in [5.74, 6) is 2.74. The molecule has 2 aliphatic rings. The van der Waals surface area contributed by atoms with Crippen LogP contribution in [0.5, 0.6) is 23.0 Å². The number of rotatable bonds is 5. The van der Waals surface area contributed by atoms with Gasteiger partial charge in [-0.25, -0.2) is 0 Å². The molecule has 36 heavy (non-hydrogen) atoms. The fourth-order valence-electron chi connectivity index (χ4n) is 5.22. The summed E-state index contributed by atoms with van der Waals surface area (Å²) in [6, 6.07) is 14.9. The second-order valence-electron chi connectivity index (χ2n) is 8.59. The van der Waals surface area contributed by atoms with E-state index in [4.69, 9.17) is 18.9 Å². The predicted octanol–water partition coefficient (Wildman–Crippen LogP) is 1.60. The van der Waals surface area contributed by atoms with Crippen molar-refractivity contribution in [3.05, 3.63) is 81.5 Å². The van der Waals surface area contributed by atoms with Gasteiger partial charge in [0, 0.05) is 35.4 Å². The van der Waals surface area contributed by atoms with E-state index in [0.29, 0.717) is 29.2 Å².